The second kappa shape index (κ2) is 9.01. The molecule has 182 valence electrons. The molecule has 0 spiro atoms. The fraction of sp³-hybridized carbons (Fsp3) is 0.160. The van der Waals surface area contributed by atoms with Gasteiger partial charge in [-0.3, -0.25) is 4.79 Å². The van der Waals surface area contributed by atoms with Crippen molar-refractivity contribution in [2.75, 3.05) is 0 Å². The molecule has 0 amide bonds. The highest BCUT2D eigenvalue weighted by Crippen LogP contribution is 2.39. The van der Waals surface area contributed by atoms with Crippen molar-refractivity contribution in [2.24, 2.45) is 0 Å². The number of carboxylic acid groups (broad SMARTS) is 1. The van der Waals surface area contributed by atoms with Gasteiger partial charge in [-0.1, -0.05) is 30.3 Å². The minimum absolute atomic E-state index is 0.0377. The second-order valence-electron chi connectivity index (χ2n) is 7.86. The number of aromatic nitrogens is 1. The summed E-state index contributed by atoms with van der Waals surface area (Å²) in [6.07, 6.45) is -8.34. The molecule has 0 aliphatic heterocycles. The Hall–Kier alpha value is -3.95. The van der Waals surface area contributed by atoms with Crippen molar-refractivity contribution in [3.8, 4) is 11.5 Å². The fourth-order valence-electron chi connectivity index (χ4n) is 3.74. The zero-order valence-corrected chi connectivity index (χ0v) is 17.8. The van der Waals surface area contributed by atoms with E-state index in [-0.39, 0.29) is 18.2 Å². The molecule has 4 nitrogen and oxygen atoms in total. The predicted molar refractivity (Wildman–Crippen MR) is 115 cm³/mol. The van der Waals surface area contributed by atoms with E-state index in [1.165, 1.54) is 12.1 Å². The third kappa shape index (κ3) is 5.59. The van der Waals surface area contributed by atoms with Crippen molar-refractivity contribution >= 4 is 16.9 Å². The van der Waals surface area contributed by atoms with Crippen LogP contribution >= 0.6 is 0 Å². The van der Waals surface area contributed by atoms with E-state index in [0.29, 0.717) is 24.2 Å². The molecule has 0 saturated heterocycles. The lowest BCUT2D eigenvalue weighted by molar-refractivity contribution is -0.143. The number of carboxylic acids is 1. The van der Waals surface area contributed by atoms with Gasteiger partial charge < -0.3 is 14.4 Å². The number of halogens is 6. The van der Waals surface area contributed by atoms with E-state index in [0.717, 1.165) is 16.5 Å². The van der Waals surface area contributed by atoms with Gasteiger partial charge in [0.1, 0.15) is 11.5 Å². The number of alkyl halides is 6. The topological polar surface area (TPSA) is 51.5 Å². The number of carbonyl (C=O) groups is 1. The highest BCUT2D eigenvalue weighted by Gasteiger charge is 2.37. The first-order valence-electron chi connectivity index (χ1n) is 10.2. The van der Waals surface area contributed by atoms with Crippen molar-refractivity contribution in [3.63, 3.8) is 0 Å². The lowest BCUT2D eigenvalue weighted by Crippen LogP contribution is -2.11. The highest BCUT2D eigenvalue weighted by molar-refractivity contribution is 5.87. The number of ether oxygens (including phenoxy) is 1. The van der Waals surface area contributed by atoms with Crippen molar-refractivity contribution in [3.05, 3.63) is 95.2 Å². The first-order valence-corrected chi connectivity index (χ1v) is 10.2. The molecule has 0 fully saturated rings. The Bertz CT molecular complexity index is 1340. The Labute approximate surface area is 195 Å². The summed E-state index contributed by atoms with van der Waals surface area (Å²) in [6.45, 7) is 0.363. The molecule has 3 aromatic carbocycles. The Balaban J connectivity index is 1.58. The van der Waals surface area contributed by atoms with Crippen LogP contribution in [0.25, 0.3) is 10.9 Å². The van der Waals surface area contributed by atoms with Crippen molar-refractivity contribution in [1.29, 1.82) is 0 Å². The Kier molecular flexibility index (Phi) is 6.23. The van der Waals surface area contributed by atoms with E-state index in [9.17, 15) is 31.1 Å². The standard InChI is InChI=1S/C25H17F6NO3/c26-24(27,28)17-10-18(25(29,30)31)12-20(11-17)35-19-7-5-15(6-8-19)13-32-14-16(9-23(33)34)21-3-1-2-4-22(21)32/h1-8,10-12,14H,9,13H2,(H,33,34). The van der Waals surface area contributed by atoms with Crippen molar-refractivity contribution < 1.29 is 41.0 Å². The molecule has 0 unspecified atom stereocenters. The van der Waals surface area contributed by atoms with Gasteiger partial charge in [-0.15, -0.1) is 0 Å². The molecule has 0 aliphatic carbocycles. The summed E-state index contributed by atoms with van der Waals surface area (Å²) in [5, 5.41) is 9.96. The normalized spacial score (nSPS) is 12.2. The summed E-state index contributed by atoms with van der Waals surface area (Å²) in [6, 6.07) is 14.5. The number of para-hydroxylation sites is 1. The van der Waals surface area contributed by atoms with E-state index in [4.69, 9.17) is 9.84 Å². The van der Waals surface area contributed by atoms with Crippen molar-refractivity contribution in [1.82, 2.24) is 4.57 Å². The summed E-state index contributed by atoms with van der Waals surface area (Å²) in [5.41, 5.74) is -0.683. The maximum Gasteiger partial charge on any atom is 0.416 e. The summed E-state index contributed by atoms with van der Waals surface area (Å²) in [5.74, 6) is -1.49. The van der Waals surface area contributed by atoms with Crippen LogP contribution < -0.4 is 4.74 Å². The SMILES string of the molecule is O=C(O)Cc1cn(Cc2ccc(Oc3cc(C(F)(F)F)cc(C(F)(F)F)c3)cc2)c2ccccc12. The molecule has 0 radical (unpaired) electrons. The maximum atomic E-state index is 13.1. The number of fused-ring (bicyclic) bond motifs is 1. The molecule has 0 atom stereocenters. The Morgan fingerprint density at radius 2 is 1.43 bits per heavy atom. The number of nitrogens with zero attached hydrogens (tertiary/aromatic N) is 1. The summed E-state index contributed by atoms with van der Waals surface area (Å²) >= 11 is 0. The van der Waals surface area contributed by atoms with Gasteiger partial charge in [-0.25, -0.2) is 0 Å². The Morgan fingerprint density at radius 3 is 2.00 bits per heavy atom. The lowest BCUT2D eigenvalue weighted by Gasteiger charge is -2.15. The van der Waals surface area contributed by atoms with Crippen LogP contribution in [-0.4, -0.2) is 15.6 Å². The number of hydrogen-bond acceptors (Lipinski definition) is 2. The molecule has 35 heavy (non-hydrogen) atoms. The van der Waals surface area contributed by atoms with E-state index in [2.05, 4.69) is 0 Å². The zero-order valence-electron chi connectivity index (χ0n) is 17.8. The van der Waals surface area contributed by atoms with Crippen LogP contribution in [-0.2, 0) is 30.1 Å². The van der Waals surface area contributed by atoms with Crippen LogP contribution in [0.15, 0.2) is 72.9 Å². The van der Waals surface area contributed by atoms with Crippen LogP contribution in [0.4, 0.5) is 26.3 Å². The largest absolute Gasteiger partial charge is 0.481 e. The summed E-state index contributed by atoms with van der Waals surface area (Å²) in [4.78, 5) is 11.2. The van der Waals surface area contributed by atoms with Crippen LogP contribution in [0, 0.1) is 0 Å². The molecule has 4 rings (SSSR count). The summed E-state index contributed by atoms with van der Waals surface area (Å²) < 4.78 is 85.5. The van der Waals surface area contributed by atoms with E-state index >= 15 is 0 Å². The van der Waals surface area contributed by atoms with Gasteiger partial charge in [0.25, 0.3) is 0 Å². The first kappa shape index (κ1) is 24.2. The highest BCUT2D eigenvalue weighted by atomic mass is 19.4. The van der Waals surface area contributed by atoms with Gasteiger partial charge in [0, 0.05) is 23.6 Å². The minimum atomic E-state index is -4.97. The molecular formula is C25H17F6NO3. The monoisotopic (exact) mass is 493 g/mol. The smallest absolute Gasteiger partial charge is 0.416 e. The lowest BCUT2D eigenvalue weighted by atomic mass is 10.1. The van der Waals surface area contributed by atoms with Gasteiger partial charge in [0.15, 0.2) is 0 Å². The average molecular weight is 493 g/mol. The van der Waals surface area contributed by atoms with Gasteiger partial charge in [-0.2, -0.15) is 26.3 Å². The van der Waals surface area contributed by atoms with Crippen LogP contribution in [0.1, 0.15) is 22.3 Å². The number of rotatable bonds is 6. The van der Waals surface area contributed by atoms with Crippen LogP contribution in [0.5, 0.6) is 11.5 Å². The molecule has 1 N–H and O–H groups in total. The summed E-state index contributed by atoms with van der Waals surface area (Å²) in [7, 11) is 0. The third-order valence-corrected chi connectivity index (χ3v) is 5.29. The van der Waals surface area contributed by atoms with Gasteiger partial charge in [0.05, 0.1) is 17.5 Å². The first-order chi connectivity index (χ1) is 16.4. The van der Waals surface area contributed by atoms with E-state index < -0.39 is 35.2 Å². The number of hydrogen-bond donors (Lipinski definition) is 1. The number of benzene rings is 3. The quantitative estimate of drug-likeness (QED) is 0.290. The van der Waals surface area contributed by atoms with Crippen LogP contribution in [0.2, 0.25) is 0 Å². The molecule has 10 heteroatoms. The molecule has 0 aliphatic rings. The fourth-order valence-corrected chi connectivity index (χ4v) is 3.74. The zero-order chi connectivity index (χ0) is 25.4. The van der Waals surface area contributed by atoms with Gasteiger partial charge in [-0.05, 0) is 47.5 Å². The van der Waals surface area contributed by atoms with E-state index in [1.807, 2.05) is 28.8 Å². The molecule has 0 bridgehead atoms. The average Bonchev–Trinajstić information content (AvgIpc) is 3.10. The predicted octanol–water partition coefficient (Wildman–Crippen LogP) is 7.15. The molecule has 1 aromatic heterocycles. The second-order valence-corrected chi connectivity index (χ2v) is 7.86. The Morgan fingerprint density at radius 1 is 0.829 bits per heavy atom. The molecule has 4 aromatic rings. The maximum absolute atomic E-state index is 13.1. The molecule has 1 heterocycles. The van der Waals surface area contributed by atoms with Crippen LogP contribution in [0.3, 0.4) is 0 Å². The molecular weight excluding hydrogens is 476 g/mol. The minimum Gasteiger partial charge on any atom is -0.481 e. The van der Waals surface area contributed by atoms with Gasteiger partial charge >= 0.3 is 18.3 Å². The van der Waals surface area contributed by atoms with Crippen molar-refractivity contribution in [2.45, 2.75) is 25.3 Å². The van der Waals surface area contributed by atoms with E-state index in [1.54, 1.807) is 18.3 Å². The third-order valence-electron chi connectivity index (χ3n) is 5.29. The number of aliphatic carboxylic acids is 1. The molecule has 0 saturated carbocycles. The van der Waals surface area contributed by atoms with Gasteiger partial charge in [0.2, 0.25) is 0 Å².